The monoisotopic (exact) mass is 269 g/mol. The highest BCUT2D eigenvalue weighted by atomic mass is 32.1. The van der Waals surface area contributed by atoms with Gasteiger partial charge in [-0.25, -0.2) is 14.5 Å². The van der Waals surface area contributed by atoms with E-state index in [0.717, 1.165) is 0 Å². The minimum absolute atomic E-state index is 0.0916. The van der Waals surface area contributed by atoms with Gasteiger partial charge in [0.05, 0.1) is 12.7 Å². The zero-order valence-electron chi connectivity index (χ0n) is 9.48. The van der Waals surface area contributed by atoms with Crippen LogP contribution in [-0.4, -0.2) is 19.5 Å². The minimum Gasteiger partial charge on any atom is -0.424 e. The lowest BCUT2D eigenvalue weighted by atomic mass is 10.4. The Bertz CT molecular complexity index is 579. The average molecular weight is 269 g/mol. The molecule has 0 bridgehead atoms. The van der Waals surface area contributed by atoms with Crippen LogP contribution in [0.15, 0.2) is 16.8 Å². The summed E-state index contributed by atoms with van der Waals surface area (Å²) in [5.74, 6) is 0.722. The molecule has 0 radical (unpaired) electrons. The smallest absolute Gasteiger partial charge is 0.342 e. The van der Waals surface area contributed by atoms with Gasteiger partial charge in [-0.1, -0.05) is 0 Å². The Kier molecular flexibility index (Phi) is 3.24. The number of imidazole rings is 1. The molecule has 0 aliphatic rings. The first kappa shape index (κ1) is 12.4. The summed E-state index contributed by atoms with van der Waals surface area (Å²) in [6.45, 7) is 2.18. The molecule has 2 heterocycles. The van der Waals surface area contributed by atoms with Crippen molar-refractivity contribution in [3.63, 3.8) is 0 Å². The molecular formula is C9H11N5O3S. The summed E-state index contributed by atoms with van der Waals surface area (Å²) >= 11 is 4.31. The van der Waals surface area contributed by atoms with Gasteiger partial charge in [0.25, 0.3) is 0 Å². The van der Waals surface area contributed by atoms with Crippen molar-refractivity contribution in [2.75, 3.05) is 5.73 Å². The van der Waals surface area contributed by atoms with Crippen molar-refractivity contribution < 1.29 is 9.34 Å². The Morgan fingerprint density at radius 2 is 2.33 bits per heavy atom. The van der Waals surface area contributed by atoms with Gasteiger partial charge in [0.2, 0.25) is 17.6 Å². The van der Waals surface area contributed by atoms with Crippen molar-refractivity contribution in [3.05, 3.63) is 34.2 Å². The summed E-state index contributed by atoms with van der Waals surface area (Å²) in [5, 5.41) is 10.2. The Labute approximate surface area is 107 Å². The topological polar surface area (TPSA) is 113 Å². The van der Waals surface area contributed by atoms with Gasteiger partial charge in [-0.15, -0.1) is 0 Å². The van der Waals surface area contributed by atoms with Crippen molar-refractivity contribution in [1.82, 2.24) is 14.5 Å². The summed E-state index contributed by atoms with van der Waals surface area (Å²) in [4.78, 5) is 18.3. The van der Waals surface area contributed by atoms with E-state index in [0.29, 0.717) is 12.4 Å². The summed E-state index contributed by atoms with van der Waals surface area (Å²) in [5.41, 5.74) is 5.42. The third-order valence-electron chi connectivity index (χ3n) is 2.39. The Morgan fingerprint density at radius 3 is 2.83 bits per heavy atom. The highest BCUT2D eigenvalue weighted by Crippen LogP contribution is 2.29. The summed E-state index contributed by atoms with van der Waals surface area (Å²) in [6.07, 6.45) is 2.54. The first-order chi connectivity index (χ1) is 8.54. The number of thiol groups is 1. The third kappa shape index (κ3) is 2.04. The molecule has 9 heteroatoms. The van der Waals surface area contributed by atoms with Gasteiger partial charge in [-0.2, -0.15) is 12.6 Å². The molecule has 2 N–H and O–H groups in total. The maximum Gasteiger partial charge on any atom is 0.342 e. The second-order valence-electron chi connectivity index (χ2n) is 3.48. The van der Waals surface area contributed by atoms with E-state index in [1.807, 2.05) is 0 Å². The number of aromatic nitrogens is 3. The Morgan fingerprint density at radius 1 is 1.61 bits per heavy atom. The molecule has 0 amide bonds. The molecule has 1 atom stereocenters. The molecule has 18 heavy (non-hydrogen) atoms. The molecule has 0 fully saturated rings. The third-order valence-corrected chi connectivity index (χ3v) is 2.84. The number of nitrogen functional groups attached to an aromatic ring is 1. The fourth-order valence-electron chi connectivity index (χ4n) is 1.61. The van der Waals surface area contributed by atoms with E-state index in [9.17, 15) is 10.1 Å². The van der Waals surface area contributed by atoms with E-state index < -0.39 is 10.2 Å². The number of nitrogens with two attached hydrogens (primary N) is 1. The molecule has 2 aromatic rings. The number of anilines is 1. The van der Waals surface area contributed by atoms with E-state index in [1.165, 1.54) is 17.0 Å². The number of rotatable bonds is 4. The predicted octanol–water partition coefficient (Wildman–Crippen LogP) is 1.40. The zero-order chi connectivity index (χ0) is 13.3. The molecule has 2 rings (SSSR count). The van der Waals surface area contributed by atoms with Crippen LogP contribution >= 0.6 is 12.6 Å². The highest BCUT2D eigenvalue weighted by Gasteiger charge is 2.27. The molecule has 0 aromatic carbocycles. The van der Waals surface area contributed by atoms with Crippen LogP contribution < -0.4 is 5.73 Å². The van der Waals surface area contributed by atoms with E-state index >= 15 is 0 Å². The van der Waals surface area contributed by atoms with Crippen molar-refractivity contribution in [2.45, 2.75) is 18.7 Å². The van der Waals surface area contributed by atoms with Crippen LogP contribution in [0.2, 0.25) is 0 Å². The fraction of sp³-hybridized carbons (Fsp3) is 0.333. The second-order valence-corrected chi connectivity index (χ2v) is 4.00. The summed E-state index contributed by atoms with van der Waals surface area (Å²) in [6, 6.07) is 0. The molecule has 8 nitrogen and oxygen atoms in total. The van der Waals surface area contributed by atoms with Gasteiger partial charge in [0.1, 0.15) is 6.20 Å². The lowest BCUT2D eigenvalue weighted by Crippen LogP contribution is -2.08. The van der Waals surface area contributed by atoms with E-state index in [2.05, 4.69) is 22.6 Å². The van der Waals surface area contributed by atoms with E-state index in [1.54, 1.807) is 6.92 Å². The highest BCUT2D eigenvalue weighted by molar-refractivity contribution is 7.80. The quantitative estimate of drug-likeness (QED) is 0.492. The minimum atomic E-state index is -0.601. The van der Waals surface area contributed by atoms with Gasteiger partial charge in [0, 0.05) is 0 Å². The average Bonchev–Trinajstić information content (AvgIpc) is 2.93. The molecule has 0 saturated heterocycles. The van der Waals surface area contributed by atoms with Crippen molar-refractivity contribution in [1.29, 1.82) is 0 Å². The van der Waals surface area contributed by atoms with Gasteiger partial charge in [-0.05, 0) is 11.8 Å². The van der Waals surface area contributed by atoms with Gasteiger partial charge in [-0.3, -0.25) is 0 Å². The Balaban J connectivity index is 2.42. The van der Waals surface area contributed by atoms with E-state index in [-0.39, 0.29) is 17.6 Å². The standard InChI is InChI=1S/C9H11N5O3S/c1-2-13-6(14(15)16)4-11-8(13)7(18)9-12-3-5(10)17-9/h3-4,7,18H,2,10H2,1H3. The lowest BCUT2D eigenvalue weighted by molar-refractivity contribution is -0.392. The van der Waals surface area contributed by atoms with Crippen LogP contribution in [0.1, 0.15) is 23.9 Å². The van der Waals surface area contributed by atoms with Crippen LogP contribution in [0.25, 0.3) is 0 Å². The van der Waals surface area contributed by atoms with Gasteiger partial charge in [0.15, 0.2) is 5.25 Å². The van der Waals surface area contributed by atoms with Crippen LogP contribution in [0, 0.1) is 10.1 Å². The van der Waals surface area contributed by atoms with Crippen molar-refractivity contribution in [2.24, 2.45) is 0 Å². The Hall–Kier alpha value is -2.03. The van der Waals surface area contributed by atoms with E-state index in [4.69, 9.17) is 10.2 Å². The second kappa shape index (κ2) is 4.69. The maximum absolute atomic E-state index is 10.8. The summed E-state index contributed by atoms with van der Waals surface area (Å²) in [7, 11) is 0. The molecule has 0 aliphatic heterocycles. The predicted molar refractivity (Wildman–Crippen MR) is 66.3 cm³/mol. The van der Waals surface area contributed by atoms with Gasteiger partial charge < -0.3 is 20.3 Å². The lowest BCUT2D eigenvalue weighted by Gasteiger charge is -2.05. The SMILES string of the molecule is CCn1c([N+](=O)[O-])cnc1C(S)c1ncc(N)o1. The summed E-state index contributed by atoms with van der Waals surface area (Å²) < 4.78 is 6.58. The van der Waals surface area contributed by atoms with Crippen LogP contribution in [-0.2, 0) is 6.54 Å². The molecule has 0 aliphatic carbocycles. The number of hydrogen-bond donors (Lipinski definition) is 2. The van der Waals surface area contributed by atoms with Crippen LogP contribution in [0.3, 0.4) is 0 Å². The molecule has 0 spiro atoms. The maximum atomic E-state index is 10.8. The normalized spacial score (nSPS) is 12.6. The molecular weight excluding hydrogens is 258 g/mol. The van der Waals surface area contributed by atoms with Crippen molar-refractivity contribution in [3.8, 4) is 0 Å². The first-order valence-corrected chi connectivity index (χ1v) is 5.65. The number of hydrogen-bond acceptors (Lipinski definition) is 7. The zero-order valence-corrected chi connectivity index (χ0v) is 10.4. The molecule has 1 unspecified atom stereocenters. The largest absolute Gasteiger partial charge is 0.424 e. The fourth-order valence-corrected chi connectivity index (χ4v) is 1.93. The van der Waals surface area contributed by atoms with Crippen molar-refractivity contribution >= 4 is 24.3 Å². The van der Waals surface area contributed by atoms with Gasteiger partial charge >= 0.3 is 5.82 Å². The van der Waals surface area contributed by atoms with Crippen LogP contribution in [0.4, 0.5) is 11.7 Å². The molecule has 2 aromatic heterocycles. The van der Waals surface area contributed by atoms with Crippen LogP contribution in [0.5, 0.6) is 0 Å². The molecule has 96 valence electrons. The first-order valence-electron chi connectivity index (χ1n) is 5.13. The number of nitrogens with zero attached hydrogens (tertiary/aromatic N) is 4. The molecule has 0 saturated carbocycles. The number of nitro groups is 1. The number of oxazole rings is 1.